The predicted octanol–water partition coefficient (Wildman–Crippen LogP) is 2.18. The number of rotatable bonds is 4. The molecule has 0 radical (unpaired) electrons. The second kappa shape index (κ2) is 4.65. The Morgan fingerprint density at radius 1 is 1.47 bits per heavy atom. The number of aromatic nitrogens is 1. The van der Waals surface area contributed by atoms with Gasteiger partial charge in [-0.25, -0.2) is 4.39 Å². The molecule has 0 fully saturated rings. The second-order valence-electron chi connectivity index (χ2n) is 3.32. The first-order valence-electron chi connectivity index (χ1n) is 4.83. The number of hydrogen-bond donors (Lipinski definition) is 2. The molecule has 0 atom stereocenters. The summed E-state index contributed by atoms with van der Waals surface area (Å²) in [6.07, 6.45) is 0.986. The summed E-state index contributed by atoms with van der Waals surface area (Å²) in [7, 11) is 0. The topological polar surface area (TPSA) is 75.4 Å². The lowest BCUT2D eigenvalue weighted by Gasteiger charge is -2.01. The van der Waals surface area contributed by atoms with Crippen LogP contribution in [0.2, 0.25) is 0 Å². The van der Waals surface area contributed by atoms with Gasteiger partial charge in [-0.3, -0.25) is 4.79 Å². The summed E-state index contributed by atoms with van der Waals surface area (Å²) in [4.78, 5) is 14.3. The first kappa shape index (κ1) is 11.1. The minimum atomic E-state index is -1.00. The Kier molecular flexibility index (Phi) is 3.04. The van der Waals surface area contributed by atoms with Gasteiger partial charge in [-0.15, -0.1) is 0 Å². The Bertz CT molecular complexity index is 539. The van der Waals surface area contributed by atoms with Crippen LogP contribution in [0.4, 0.5) is 16.1 Å². The molecule has 0 aliphatic rings. The van der Waals surface area contributed by atoms with Crippen LogP contribution in [0.5, 0.6) is 0 Å². The van der Waals surface area contributed by atoms with Gasteiger partial charge in [0.25, 0.3) is 6.01 Å². The number of benzene rings is 1. The highest BCUT2D eigenvalue weighted by molar-refractivity contribution is 5.69. The number of halogens is 1. The van der Waals surface area contributed by atoms with Crippen molar-refractivity contribution >= 4 is 17.7 Å². The number of nitrogens with one attached hydrogen (secondary N) is 1. The quantitative estimate of drug-likeness (QED) is 0.850. The maximum atomic E-state index is 13.3. The summed E-state index contributed by atoms with van der Waals surface area (Å²) >= 11 is 0. The summed E-state index contributed by atoms with van der Waals surface area (Å²) in [5.74, 6) is -1.44. The van der Waals surface area contributed by atoms with Gasteiger partial charge in [-0.05, 0) is 12.1 Å². The van der Waals surface area contributed by atoms with Crippen LogP contribution in [-0.4, -0.2) is 16.1 Å². The summed E-state index contributed by atoms with van der Waals surface area (Å²) in [5.41, 5.74) is 0.493. The largest absolute Gasteiger partial charge is 0.481 e. The van der Waals surface area contributed by atoms with E-state index in [4.69, 9.17) is 9.52 Å². The molecule has 0 amide bonds. The fourth-order valence-electron chi connectivity index (χ4n) is 1.28. The molecule has 0 spiro atoms. The number of oxazole rings is 1. The zero-order valence-electron chi connectivity index (χ0n) is 8.68. The Labute approximate surface area is 95.9 Å². The third-order valence-corrected chi connectivity index (χ3v) is 2.00. The molecule has 0 saturated carbocycles. The fraction of sp³-hybridized carbons (Fsp3) is 0.0909. The number of para-hydroxylation sites is 1. The molecule has 2 aromatic rings. The number of carboxylic acids is 1. The van der Waals surface area contributed by atoms with Crippen molar-refractivity contribution in [3.05, 3.63) is 42.0 Å². The Hall–Kier alpha value is -2.37. The molecule has 0 unspecified atom stereocenters. The number of anilines is 2. The highest BCUT2D eigenvalue weighted by Gasteiger charge is 2.09. The van der Waals surface area contributed by atoms with E-state index in [1.54, 1.807) is 12.1 Å². The van der Waals surface area contributed by atoms with E-state index in [9.17, 15) is 9.18 Å². The molecule has 1 heterocycles. The molecule has 2 rings (SSSR count). The van der Waals surface area contributed by atoms with Gasteiger partial charge in [0.05, 0.1) is 17.8 Å². The number of hydrogen-bond acceptors (Lipinski definition) is 4. The normalized spacial score (nSPS) is 10.2. The van der Waals surface area contributed by atoms with Crippen LogP contribution in [0.1, 0.15) is 5.69 Å². The van der Waals surface area contributed by atoms with Gasteiger partial charge in [0, 0.05) is 0 Å². The molecule has 0 aliphatic heterocycles. The lowest BCUT2D eigenvalue weighted by atomic mass is 10.3. The van der Waals surface area contributed by atoms with Gasteiger partial charge in [0.1, 0.15) is 12.1 Å². The van der Waals surface area contributed by atoms with Crippen LogP contribution in [0.15, 0.2) is 34.9 Å². The Morgan fingerprint density at radius 2 is 2.24 bits per heavy atom. The molecule has 0 bridgehead atoms. The zero-order chi connectivity index (χ0) is 12.3. The maximum absolute atomic E-state index is 13.3. The molecular weight excluding hydrogens is 227 g/mol. The van der Waals surface area contributed by atoms with Crippen molar-refractivity contribution in [2.24, 2.45) is 0 Å². The predicted molar refractivity (Wildman–Crippen MR) is 57.5 cm³/mol. The lowest BCUT2D eigenvalue weighted by Crippen LogP contribution is -2.00. The summed E-state index contributed by atoms with van der Waals surface area (Å²) in [6, 6.07) is 6.10. The average molecular weight is 236 g/mol. The van der Waals surface area contributed by atoms with E-state index in [2.05, 4.69) is 10.3 Å². The third-order valence-electron chi connectivity index (χ3n) is 2.00. The lowest BCUT2D eigenvalue weighted by molar-refractivity contribution is -0.136. The van der Waals surface area contributed by atoms with E-state index in [0.717, 1.165) is 0 Å². The summed E-state index contributed by atoms with van der Waals surface area (Å²) < 4.78 is 18.2. The minimum absolute atomic E-state index is 0.0614. The second-order valence-corrected chi connectivity index (χ2v) is 3.32. The van der Waals surface area contributed by atoms with Gasteiger partial charge in [0.15, 0.2) is 0 Å². The molecule has 17 heavy (non-hydrogen) atoms. The van der Waals surface area contributed by atoms with Crippen molar-refractivity contribution < 1.29 is 18.7 Å². The van der Waals surface area contributed by atoms with E-state index < -0.39 is 11.8 Å². The van der Waals surface area contributed by atoms with Crippen molar-refractivity contribution in [1.29, 1.82) is 0 Å². The van der Waals surface area contributed by atoms with E-state index in [0.29, 0.717) is 0 Å². The molecule has 88 valence electrons. The minimum Gasteiger partial charge on any atom is -0.481 e. The first-order chi connectivity index (χ1) is 8.15. The highest BCUT2D eigenvalue weighted by Crippen LogP contribution is 2.18. The zero-order valence-corrected chi connectivity index (χ0v) is 8.68. The van der Waals surface area contributed by atoms with Crippen molar-refractivity contribution in [1.82, 2.24) is 4.98 Å². The molecule has 5 nitrogen and oxygen atoms in total. The molecular formula is C11H9FN2O3. The molecule has 6 heteroatoms. The van der Waals surface area contributed by atoms with E-state index in [1.807, 2.05) is 0 Å². The molecule has 1 aromatic carbocycles. The molecule has 0 saturated heterocycles. The van der Waals surface area contributed by atoms with E-state index in [1.165, 1.54) is 18.4 Å². The Morgan fingerprint density at radius 3 is 2.94 bits per heavy atom. The number of nitrogens with zero attached hydrogens (tertiary/aromatic N) is 1. The highest BCUT2D eigenvalue weighted by atomic mass is 19.1. The third kappa shape index (κ3) is 2.81. The van der Waals surface area contributed by atoms with Crippen molar-refractivity contribution in [3.63, 3.8) is 0 Å². The fourth-order valence-corrected chi connectivity index (χ4v) is 1.28. The van der Waals surface area contributed by atoms with Gasteiger partial charge >= 0.3 is 5.97 Å². The maximum Gasteiger partial charge on any atom is 0.309 e. The van der Waals surface area contributed by atoms with Crippen LogP contribution in [0.25, 0.3) is 0 Å². The first-order valence-corrected chi connectivity index (χ1v) is 4.83. The van der Waals surface area contributed by atoms with Crippen LogP contribution >= 0.6 is 0 Å². The van der Waals surface area contributed by atoms with Crippen LogP contribution in [-0.2, 0) is 11.2 Å². The van der Waals surface area contributed by atoms with Crippen LogP contribution < -0.4 is 5.32 Å². The van der Waals surface area contributed by atoms with Crippen molar-refractivity contribution in [2.75, 3.05) is 5.32 Å². The van der Waals surface area contributed by atoms with Crippen molar-refractivity contribution in [3.8, 4) is 0 Å². The monoisotopic (exact) mass is 236 g/mol. The molecule has 2 N–H and O–H groups in total. The average Bonchev–Trinajstić information content (AvgIpc) is 2.68. The van der Waals surface area contributed by atoms with Crippen molar-refractivity contribution in [2.45, 2.75) is 6.42 Å². The van der Waals surface area contributed by atoms with Gasteiger partial charge in [-0.1, -0.05) is 12.1 Å². The van der Waals surface area contributed by atoms with Gasteiger partial charge in [-0.2, -0.15) is 4.98 Å². The Balaban J connectivity index is 2.12. The van der Waals surface area contributed by atoms with Crippen LogP contribution in [0, 0.1) is 5.82 Å². The number of carboxylic acid groups (broad SMARTS) is 1. The summed E-state index contributed by atoms with van der Waals surface area (Å²) in [5, 5.41) is 11.2. The van der Waals surface area contributed by atoms with Gasteiger partial charge < -0.3 is 14.8 Å². The number of aliphatic carboxylic acids is 1. The van der Waals surface area contributed by atoms with E-state index in [-0.39, 0.29) is 23.8 Å². The number of carbonyl (C=O) groups is 1. The SMILES string of the molecule is O=C(O)Cc1coc(Nc2ccccc2F)n1. The summed E-state index contributed by atoms with van der Waals surface area (Å²) in [6.45, 7) is 0. The standard InChI is InChI=1S/C11H9FN2O3/c12-8-3-1-2-4-9(8)14-11-13-7(6-17-11)5-10(15)16/h1-4,6H,5H2,(H,13,14)(H,15,16). The van der Waals surface area contributed by atoms with E-state index >= 15 is 0 Å². The molecule has 0 aliphatic carbocycles. The van der Waals surface area contributed by atoms with Crippen LogP contribution in [0.3, 0.4) is 0 Å². The molecule has 1 aromatic heterocycles. The smallest absolute Gasteiger partial charge is 0.309 e. The van der Waals surface area contributed by atoms with Gasteiger partial charge in [0.2, 0.25) is 0 Å².